The lowest BCUT2D eigenvalue weighted by Crippen LogP contribution is -2.35. The molecular formula is C9H14N4O. The van der Waals surface area contributed by atoms with Crippen LogP contribution in [0.25, 0.3) is 0 Å². The van der Waals surface area contributed by atoms with Crippen LogP contribution in [-0.2, 0) is 11.8 Å². The number of amides is 1. The van der Waals surface area contributed by atoms with Gasteiger partial charge in [0.25, 0.3) is 0 Å². The van der Waals surface area contributed by atoms with E-state index in [-0.39, 0.29) is 11.9 Å². The predicted molar refractivity (Wildman–Crippen MR) is 52.9 cm³/mol. The number of carbonyl (C=O) groups is 1. The number of aromatic nitrogens is 2. The van der Waals surface area contributed by atoms with Crippen LogP contribution in [-0.4, -0.2) is 28.3 Å². The van der Waals surface area contributed by atoms with E-state index in [1.165, 1.54) is 0 Å². The molecule has 0 bridgehead atoms. The standard InChI is InChI=1S/C9H14N4O/c1-13-8(4-6-11-13)12-9(14)7-3-2-5-10-7/h4,6-7,10H,2-3,5H2,1H3,(H,12,14)/t7-/m1/s1. The Hall–Kier alpha value is -1.36. The zero-order valence-corrected chi connectivity index (χ0v) is 8.16. The molecule has 2 heterocycles. The maximum atomic E-state index is 11.7. The third-order valence-corrected chi connectivity index (χ3v) is 2.45. The van der Waals surface area contributed by atoms with Gasteiger partial charge in [0.1, 0.15) is 5.82 Å². The Bertz CT molecular complexity index is 327. The second kappa shape index (κ2) is 3.79. The van der Waals surface area contributed by atoms with Crippen molar-refractivity contribution in [2.45, 2.75) is 18.9 Å². The number of hydrogen-bond acceptors (Lipinski definition) is 3. The highest BCUT2D eigenvalue weighted by atomic mass is 16.2. The summed E-state index contributed by atoms with van der Waals surface area (Å²) in [7, 11) is 1.80. The molecule has 1 aliphatic heterocycles. The van der Waals surface area contributed by atoms with Gasteiger partial charge in [0.2, 0.25) is 5.91 Å². The minimum atomic E-state index is -0.0371. The monoisotopic (exact) mass is 194 g/mol. The first-order chi connectivity index (χ1) is 6.77. The highest BCUT2D eigenvalue weighted by molar-refractivity contribution is 5.94. The van der Waals surface area contributed by atoms with Crippen molar-refractivity contribution in [3.63, 3.8) is 0 Å². The molecule has 5 heteroatoms. The quantitative estimate of drug-likeness (QED) is 0.702. The molecule has 0 aliphatic carbocycles. The molecule has 0 spiro atoms. The number of anilines is 1. The summed E-state index contributed by atoms with van der Waals surface area (Å²) in [6, 6.07) is 1.75. The van der Waals surface area contributed by atoms with Gasteiger partial charge in [-0.3, -0.25) is 9.48 Å². The summed E-state index contributed by atoms with van der Waals surface area (Å²) in [4.78, 5) is 11.7. The summed E-state index contributed by atoms with van der Waals surface area (Å²) in [6.45, 7) is 0.934. The predicted octanol–water partition coefficient (Wildman–Crippen LogP) is 0.111. The summed E-state index contributed by atoms with van der Waals surface area (Å²) in [5.74, 6) is 0.773. The molecular weight excluding hydrogens is 180 g/mol. The lowest BCUT2D eigenvalue weighted by Gasteiger charge is -2.10. The van der Waals surface area contributed by atoms with Crippen LogP contribution in [0.5, 0.6) is 0 Å². The molecule has 76 valence electrons. The van der Waals surface area contributed by atoms with E-state index >= 15 is 0 Å². The van der Waals surface area contributed by atoms with Gasteiger partial charge >= 0.3 is 0 Å². The molecule has 1 fully saturated rings. The van der Waals surface area contributed by atoms with Crippen molar-refractivity contribution >= 4 is 11.7 Å². The van der Waals surface area contributed by atoms with Gasteiger partial charge < -0.3 is 10.6 Å². The van der Waals surface area contributed by atoms with E-state index in [2.05, 4.69) is 15.7 Å². The number of nitrogens with one attached hydrogen (secondary N) is 2. The van der Waals surface area contributed by atoms with Crippen molar-refractivity contribution in [2.75, 3.05) is 11.9 Å². The van der Waals surface area contributed by atoms with E-state index in [9.17, 15) is 4.79 Å². The fraction of sp³-hybridized carbons (Fsp3) is 0.556. The first kappa shape index (κ1) is 9.21. The van der Waals surface area contributed by atoms with E-state index in [0.717, 1.165) is 25.2 Å². The normalized spacial score (nSPS) is 21.1. The van der Waals surface area contributed by atoms with E-state index in [4.69, 9.17) is 0 Å². The zero-order chi connectivity index (χ0) is 9.97. The summed E-state index contributed by atoms with van der Waals surface area (Å²) in [5.41, 5.74) is 0. The van der Waals surface area contributed by atoms with Gasteiger partial charge in [0.15, 0.2) is 0 Å². The molecule has 1 aromatic rings. The fourth-order valence-electron chi connectivity index (χ4n) is 1.62. The van der Waals surface area contributed by atoms with Crippen LogP contribution in [0.15, 0.2) is 12.3 Å². The topological polar surface area (TPSA) is 59.0 Å². The number of carbonyl (C=O) groups excluding carboxylic acids is 1. The third kappa shape index (κ3) is 1.77. The Balaban J connectivity index is 1.97. The van der Waals surface area contributed by atoms with Crippen molar-refractivity contribution in [2.24, 2.45) is 7.05 Å². The van der Waals surface area contributed by atoms with Gasteiger partial charge in [-0.05, 0) is 19.4 Å². The molecule has 14 heavy (non-hydrogen) atoms. The Labute approximate surface area is 82.5 Å². The maximum absolute atomic E-state index is 11.7. The molecule has 0 saturated carbocycles. The lowest BCUT2D eigenvalue weighted by atomic mass is 10.2. The van der Waals surface area contributed by atoms with Crippen molar-refractivity contribution in [3.05, 3.63) is 12.3 Å². The molecule has 1 saturated heterocycles. The number of aryl methyl sites for hydroxylation is 1. The van der Waals surface area contributed by atoms with Gasteiger partial charge in [0, 0.05) is 13.1 Å². The number of hydrogen-bond donors (Lipinski definition) is 2. The SMILES string of the molecule is Cn1nccc1NC(=O)[C@H]1CCCN1. The van der Waals surface area contributed by atoms with Gasteiger partial charge in [0.05, 0.1) is 12.2 Å². The van der Waals surface area contributed by atoms with Crippen molar-refractivity contribution in [3.8, 4) is 0 Å². The van der Waals surface area contributed by atoms with Crippen LogP contribution in [0.2, 0.25) is 0 Å². The van der Waals surface area contributed by atoms with Gasteiger partial charge in [-0.15, -0.1) is 0 Å². The lowest BCUT2D eigenvalue weighted by molar-refractivity contribution is -0.117. The van der Waals surface area contributed by atoms with E-state index < -0.39 is 0 Å². The molecule has 0 unspecified atom stereocenters. The minimum Gasteiger partial charge on any atom is -0.310 e. The molecule has 1 amide bonds. The van der Waals surface area contributed by atoms with Crippen LogP contribution in [0, 0.1) is 0 Å². The van der Waals surface area contributed by atoms with E-state index in [1.54, 1.807) is 24.0 Å². The second-order valence-electron chi connectivity index (χ2n) is 3.48. The Morgan fingerprint density at radius 3 is 3.21 bits per heavy atom. The van der Waals surface area contributed by atoms with Crippen molar-refractivity contribution < 1.29 is 4.79 Å². The Morgan fingerprint density at radius 1 is 1.79 bits per heavy atom. The Kier molecular flexibility index (Phi) is 2.49. The highest BCUT2D eigenvalue weighted by Crippen LogP contribution is 2.09. The number of nitrogens with zero attached hydrogens (tertiary/aromatic N) is 2. The van der Waals surface area contributed by atoms with Gasteiger partial charge in [-0.1, -0.05) is 0 Å². The van der Waals surface area contributed by atoms with Crippen LogP contribution in [0.1, 0.15) is 12.8 Å². The largest absolute Gasteiger partial charge is 0.310 e. The fourth-order valence-corrected chi connectivity index (χ4v) is 1.62. The first-order valence-corrected chi connectivity index (χ1v) is 4.79. The van der Waals surface area contributed by atoms with Crippen LogP contribution in [0.4, 0.5) is 5.82 Å². The molecule has 1 atom stereocenters. The minimum absolute atomic E-state index is 0.0334. The molecule has 1 aliphatic rings. The van der Waals surface area contributed by atoms with E-state index in [1.807, 2.05) is 0 Å². The van der Waals surface area contributed by atoms with E-state index in [0.29, 0.717) is 0 Å². The van der Waals surface area contributed by atoms with Crippen LogP contribution < -0.4 is 10.6 Å². The van der Waals surface area contributed by atoms with Crippen LogP contribution in [0.3, 0.4) is 0 Å². The molecule has 0 aromatic carbocycles. The second-order valence-corrected chi connectivity index (χ2v) is 3.48. The summed E-state index contributed by atoms with van der Waals surface area (Å²) in [5, 5.41) is 9.96. The molecule has 5 nitrogen and oxygen atoms in total. The molecule has 2 rings (SSSR count). The Morgan fingerprint density at radius 2 is 2.64 bits per heavy atom. The first-order valence-electron chi connectivity index (χ1n) is 4.79. The zero-order valence-electron chi connectivity index (χ0n) is 8.16. The molecule has 2 N–H and O–H groups in total. The van der Waals surface area contributed by atoms with Crippen molar-refractivity contribution in [1.82, 2.24) is 15.1 Å². The summed E-state index contributed by atoms with van der Waals surface area (Å²) >= 11 is 0. The van der Waals surface area contributed by atoms with Crippen molar-refractivity contribution in [1.29, 1.82) is 0 Å². The number of rotatable bonds is 2. The van der Waals surface area contributed by atoms with Gasteiger partial charge in [-0.25, -0.2) is 0 Å². The smallest absolute Gasteiger partial charge is 0.242 e. The molecule has 1 aromatic heterocycles. The summed E-state index contributed by atoms with van der Waals surface area (Å²) in [6.07, 6.45) is 3.66. The highest BCUT2D eigenvalue weighted by Gasteiger charge is 2.22. The van der Waals surface area contributed by atoms with Crippen LogP contribution >= 0.6 is 0 Å². The molecule has 0 radical (unpaired) electrons. The third-order valence-electron chi connectivity index (χ3n) is 2.45. The summed E-state index contributed by atoms with van der Waals surface area (Å²) < 4.78 is 1.65. The van der Waals surface area contributed by atoms with Gasteiger partial charge in [-0.2, -0.15) is 5.10 Å². The average molecular weight is 194 g/mol. The maximum Gasteiger partial charge on any atom is 0.242 e. The average Bonchev–Trinajstić information content (AvgIpc) is 2.77.